The first-order chi connectivity index (χ1) is 14.4. The molecule has 0 bridgehead atoms. The fraction of sp³-hybridized carbons (Fsp3) is 0.292. The minimum absolute atomic E-state index is 0.00314. The number of nitrogens with zero attached hydrogens (tertiary/aromatic N) is 1. The number of aliphatic imine (C=N–C) groups is 1. The Bertz CT molecular complexity index is 1160. The van der Waals surface area contributed by atoms with E-state index >= 15 is 0 Å². The molecule has 0 spiro atoms. The number of ether oxygens (including phenoxy) is 1. The number of para-hydroxylation sites is 1. The maximum atomic E-state index is 13.5. The molecule has 2 aromatic carbocycles. The summed E-state index contributed by atoms with van der Waals surface area (Å²) >= 11 is 0. The molecule has 0 amide bonds. The maximum absolute atomic E-state index is 13.5. The third-order valence-electron chi connectivity index (χ3n) is 6.07. The number of ketones is 1. The molecular formula is C24H24N2O4. The Balaban J connectivity index is 1.83. The van der Waals surface area contributed by atoms with Gasteiger partial charge in [0.25, 0.3) is 0 Å². The summed E-state index contributed by atoms with van der Waals surface area (Å²) in [5, 5.41) is 10.7. The summed E-state index contributed by atoms with van der Waals surface area (Å²) in [5.74, 6) is -1.79. The summed E-state index contributed by atoms with van der Waals surface area (Å²) in [4.78, 5) is 33.1. The van der Waals surface area contributed by atoms with E-state index in [1.165, 1.54) is 6.21 Å². The Morgan fingerprint density at radius 1 is 1.20 bits per heavy atom. The highest BCUT2D eigenvalue weighted by atomic mass is 16.5. The van der Waals surface area contributed by atoms with Gasteiger partial charge in [-0.05, 0) is 24.6 Å². The molecule has 0 saturated heterocycles. The molecule has 3 unspecified atom stereocenters. The lowest BCUT2D eigenvalue weighted by Crippen LogP contribution is -2.23. The summed E-state index contributed by atoms with van der Waals surface area (Å²) in [6.07, 6.45) is 1.48. The van der Waals surface area contributed by atoms with Crippen LogP contribution in [0.15, 0.2) is 47.5 Å². The molecule has 2 N–H and O–H groups in total. The number of fused-ring (bicyclic) bond motifs is 3. The van der Waals surface area contributed by atoms with Crippen LogP contribution in [-0.2, 0) is 4.79 Å². The average molecular weight is 404 g/mol. The van der Waals surface area contributed by atoms with Crippen LogP contribution in [0.5, 0.6) is 5.75 Å². The first-order valence-corrected chi connectivity index (χ1v) is 9.95. The van der Waals surface area contributed by atoms with Crippen molar-refractivity contribution in [2.24, 2.45) is 10.9 Å². The van der Waals surface area contributed by atoms with E-state index in [1.807, 2.05) is 56.3 Å². The molecule has 6 nitrogen and oxygen atoms in total. The zero-order chi connectivity index (χ0) is 21.4. The van der Waals surface area contributed by atoms with Crippen molar-refractivity contribution in [2.75, 3.05) is 13.7 Å². The van der Waals surface area contributed by atoms with Crippen molar-refractivity contribution in [1.29, 1.82) is 0 Å². The van der Waals surface area contributed by atoms with Crippen LogP contribution >= 0.6 is 0 Å². The molecule has 30 heavy (non-hydrogen) atoms. The van der Waals surface area contributed by atoms with Gasteiger partial charge in [-0.1, -0.05) is 37.3 Å². The fourth-order valence-electron chi connectivity index (χ4n) is 4.40. The lowest BCUT2D eigenvalue weighted by Gasteiger charge is -2.23. The van der Waals surface area contributed by atoms with Gasteiger partial charge in [-0.25, -0.2) is 0 Å². The minimum Gasteiger partial charge on any atom is -0.496 e. The van der Waals surface area contributed by atoms with Gasteiger partial charge in [0.2, 0.25) is 0 Å². The number of benzene rings is 2. The second-order valence-electron chi connectivity index (χ2n) is 7.72. The summed E-state index contributed by atoms with van der Waals surface area (Å²) in [7, 11) is 1.59. The minimum atomic E-state index is -0.963. The van der Waals surface area contributed by atoms with Gasteiger partial charge in [-0.15, -0.1) is 0 Å². The molecule has 3 aromatic rings. The molecule has 2 heterocycles. The van der Waals surface area contributed by atoms with Crippen molar-refractivity contribution in [3.63, 3.8) is 0 Å². The van der Waals surface area contributed by atoms with Crippen LogP contribution in [0.25, 0.3) is 10.9 Å². The Labute approximate surface area is 174 Å². The van der Waals surface area contributed by atoms with Gasteiger partial charge < -0.3 is 14.8 Å². The molecule has 154 valence electrons. The largest absolute Gasteiger partial charge is 0.496 e. The van der Waals surface area contributed by atoms with E-state index in [9.17, 15) is 14.7 Å². The van der Waals surface area contributed by atoms with Crippen LogP contribution in [0.2, 0.25) is 0 Å². The van der Waals surface area contributed by atoms with Crippen LogP contribution in [-0.4, -0.2) is 41.7 Å². The molecule has 1 aliphatic heterocycles. The Morgan fingerprint density at radius 3 is 2.70 bits per heavy atom. The number of nitrogens with one attached hydrogen (secondary N) is 1. The topological polar surface area (TPSA) is 91.8 Å². The number of Topliss-reactive ketones (excluding diaryl/α,β-unsaturated/α-hetero) is 1. The molecule has 6 heteroatoms. The van der Waals surface area contributed by atoms with Crippen LogP contribution in [0.1, 0.15) is 45.9 Å². The van der Waals surface area contributed by atoms with Crippen molar-refractivity contribution in [3.05, 3.63) is 64.8 Å². The first kappa shape index (κ1) is 19.9. The number of rotatable bonds is 5. The molecule has 0 aliphatic carbocycles. The number of carbonyl (C=O) groups is 2. The van der Waals surface area contributed by atoms with E-state index < -0.39 is 17.8 Å². The van der Waals surface area contributed by atoms with Crippen LogP contribution in [0.4, 0.5) is 0 Å². The van der Waals surface area contributed by atoms with E-state index in [0.29, 0.717) is 23.6 Å². The molecule has 1 aliphatic rings. The molecule has 0 radical (unpaired) electrons. The van der Waals surface area contributed by atoms with E-state index in [-0.39, 0.29) is 11.7 Å². The van der Waals surface area contributed by atoms with Gasteiger partial charge in [-0.3, -0.25) is 14.6 Å². The highest BCUT2D eigenvalue weighted by Gasteiger charge is 2.36. The van der Waals surface area contributed by atoms with Gasteiger partial charge in [0.1, 0.15) is 11.7 Å². The molecular weight excluding hydrogens is 380 g/mol. The van der Waals surface area contributed by atoms with Gasteiger partial charge in [0.15, 0.2) is 5.78 Å². The standard InChI is InChI=1S/C24H24N2O4/c1-13-15(8-6-10-20(13)30-3)23(27)14(2)17-11-25-12-18(24(28)29)22-21(17)16-7-4-5-9-19(16)26-22/h4-10,12,14,17-18,26H,11H2,1-3H3,(H,28,29). The monoisotopic (exact) mass is 404 g/mol. The van der Waals surface area contributed by atoms with E-state index in [4.69, 9.17) is 4.74 Å². The lowest BCUT2D eigenvalue weighted by molar-refractivity contribution is -0.137. The number of methoxy groups -OCH3 is 1. The number of aromatic amines is 1. The van der Waals surface area contributed by atoms with Gasteiger partial charge in [-0.2, -0.15) is 0 Å². The average Bonchev–Trinajstić information content (AvgIpc) is 3.01. The van der Waals surface area contributed by atoms with E-state index in [1.54, 1.807) is 7.11 Å². The van der Waals surface area contributed by atoms with Crippen molar-refractivity contribution in [3.8, 4) is 5.75 Å². The smallest absolute Gasteiger partial charge is 0.318 e. The van der Waals surface area contributed by atoms with Crippen molar-refractivity contribution < 1.29 is 19.4 Å². The fourth-order valence-corrected chi connectivity index (χ4v) is 4.40. The Morgan fingerprint density at radius 2 is 1.97 bits per heavy atom. The number of carboxylic acid groups (broad SMARTS) is 1. The highest BCUT2D eigenvalue weighted by molar-refractivity contribution is 6.02. The third kappa shape index (κ3) is 3.18. The number of hydrogen-bond acceptors (Lipinski definition) is 4. The lowest BCUT2D eigenvalue weighted by atomic mass is 9.79. The summed E-state index contributed by atoms with van der Waals surface area (Å²) in [6.45, 7) is 4.13. The first-order valence-electron chi connectivity index (χ1n) is 9.95. The molecule has 1 aromatic heterocycles. The molecule has 4 rings (SSSR count). The number of hydrogen-bond donors (Lipinski definition) is 2. The van der Waals surface area contributed by atoms with Gasteiger partial charge in [0, 0.05) is 52.3 Å². The number of aliphatic carboxylic acids is 1. The molecule has 3 atom stereocenters. The number of H-pyrrole nitrogens is 1. The van der Waals surface area contributed by atoms with Crippen LogP contribution in [0.3, 0.4) is 0 Å². The number of aromatic nitrogens is 1. The SMILES string of the molecule is COc1cccc(C(=O)C(C)C2CN=CC(C(=O)O)c3[nH]c4ccccc4c32)c1C. The highest BCUT2D eigenvalue weighted by Crippen LogP contribution is 2.40. The summed E-state index contributed by atoms with van der Waals surface area (Å²) in [5.41, 5.74) is 3.77. The Hall–Kier alpha value is -3.41. The second kappa shape index (κ2) is 7.78. The zero-order valence-corrected chi connectivity index (χ0v) is 17.2. The quantitative estimate of drug-likeness (QED) is 0.619. The number of carboxylic acids is 1. The normalized spacial score (nSPS) is 19.2. The van der Waals surface area contributed by atoms with Crippen molar-refractivity contribution in [2.45, 2.75) is 25.7 Å². The second-order valence-corrected chi connectivity index (χ2v) is 7.72. The molecule has 0 saturated carbocycles. The summed E-state index contributed by atoms with van der Waals surface area (Å²) < 4.78 is 5.38. The van der Waals surface area contributed by atoms with Crippen LogP contribution in [0, 0.1) is 12.8 Å². The zero-order valence-electron chi connectivity index (χ0n) is 17.2. The van der Waals surface area contributed by atoms with E-state index in [0.717, 1.165) is 22.0 Å². The molecule has 0 fully saturated rings. The van der Waals surface area contributed by atoms with Crippen LogP contribution < -0.4 is 4.74 Å². The van der Waals surface area contributed by atoms with Crippen molar-refractivity contribution >= 4 is 28.9 Å². The van der Waals surface area contributed by atoms with Gasteiger partial charge in [0.05, 0.1) is 7.11 Å². The number of carbonyl (C=O) groups excluding carboxylic acids is 1. The van der Waals surface area contributed by atoms with E-state index in [2.05, 4.69) is 9.98 Å². The van der Waals surface area contributed by atoms with Gasteiger partial charge >= 0.3 is 5.97 Å². The van der Waals surface area contributed by atoms with Crippen molar-refractivity contribution in [1.82, 2.24) is 4.98 Å². The summed E-state index contributed by atoms with van der Waals surface area (Å²) in [6, 6.07) is 13.2. The predicted molar refractivity (Wildman–Crippen MR) is 116 cm³/mol. The predicted octanol–water partition coefficient (Wildman–Crippen LogP) is 4.34. The maximum Gasteiger partial charge on any atom is 0.318 e. The third-order valence-corrected chi connectivity index (χ3v) is 6.07. The Kier molecular flexibility index (Phi) is 5.16.